The van der Waals surface area contributed by atoms with Gasteiger partial charge in [-0.2, -0.15) is 0 Å². The number of para-hydroxylation sites is 1. The number of benzene rings is 1. The van der Waals surface area contributed by atoms with E-state index < -0.39 is 0 Å². The number of hydrogen-bond donors (Lipinski definition) is 2. The van der Waals surface area contributed by atoms with Crippen molar-refractivity contribution < 1.29 is 4.39 Å². The molecule has 2 unspecified atom stereocenters. The van der Waals surface area contributed by atoms with Crippen LogP contribution in [-0.4, -0.2) is 6.54 Å². The minimum atomic E-state index is -0.325. The SMILES string of the molecule is CC1CC1CNCc1cccc(F)c1N. The summed E-state index contributed by atoms with van der Waals surface area (Å²) in [6.07, 6.45) is 1.31. The van der Waals surface area contributed by atoms with Crippen LogP contribution in [-0.2, 0) is 6.54 Å². The van der Waals surface area contributed by atoms with Crippen LogP contribution in [0.15, 0.2) is 18.2 Å². The first-order chi connectivity index (χ1) is 7.18. The van der Waals surface area contributed by atoms with E-state index in [9.17, 15) is 4.39 Å². The lowest BCUT2D eigenvalue weighted by Gasteiger charge is -2.07. The van der Waals surface area contributed by atoms with Gasteiger partial charge in [-0.05, 0) is 36.4 Å². The fraction of sp³-hybridized carbons (Fsp3) is 0.500. The summed E-state index contributed by atoms with van der Waals surface area (Å²) in [6, 6.07) is 4.95. The Morgan fingerprint density at radius 2 is 2.27 bits per heavy atom. The molecule has 82 valence electrons. The van der Waals surface area contributed by atoms with E-state index in [0.717, 1.165) is 23.9 Å². The second kappa shape index (κ2) is 4.19. The lowest BCUT2D eigenvalue weighted by Crippen LogP contribution is -2.17. The molecule has 2 rings (SSSR count). The highest BCUT2D eigenvalue weighted by Gasteiger charge is 2.31. The molecule has 0 aliphatic heterocycles. The van der Waals surface area contributed by atoms with Gasteiger partial charge in [0.2, 0.25) is 0 Å². The zero-order valence-corrected chi connectivity index (χ0v) is 8.96. The first-order valence-corrected chi connectivity index (χ1v) is 5.42. The summed E-state index contributed by atoms with van der Waals surface area (Å²) in [5.41, 5.74) is 6.75. The normalized spacial score (nSPS) is 24.1. The fourth-order valence-electron chi connectivity index (χ4n) is 1.81. The Bertz CT molecular complexity index is 351. The minimum absolute atomic E-state index is 0.272. The summed E-state index contributed by atoms with van der Waals surface area (Å²) in [4.78, 5) is 0. The Morgan fingerprint density at radius 3 is 2.93 bits per heavy atom. The lowest BCUT2D eigenvalue weighted by atomic mass is 10.1. The molecule has 0 bridgehead atoms. The summed E-state index contributed by atoms with van der Waals surface area (Å²) >= 11 is 0. The third-order valence-electron chi connectivity index (χ3n) is 3.14. The second-order valence-electron chi connectivity index (χ2n) is 4.42. The third kappa shape index (κ3) is 2.48. The molecule has 3 N–H and O–H groups in total. The largest absolute Gasteiger partial charge is 0.396 e. The molecule has 0 radical (unpaired) electrons. The Balaban J connectivity index is 1.85. The van der Waals surface area contributed by atoms with Crippen molar-refractivity contribution in [2.75, 3.05) is 12.3 Å². The number of halogens is 1. The van der Waals surface area contributed by atoms with Gasteiger partial charge in [-0.3, -0.25) is 0 Å². The molecule has 1 aliphatic rings. The van der Waals surface area contributed by atoms with Crippen LogP contribution in [0.25, 0.3) is 0 Å². The highest BCUT2D eigenvalue weighted by Crippen LogP contribution is 2.36. The van der Waals surface area contributed by atoms with Crippen molar-refractivity contribution >= 4 is 5.69 Å². The maximum Gasteiger partial charge on any atom is 0.146 e. The number of nitrogens with two attached hydrogens (primary N) is 1. The van der Waals surface area contributed by atoms with Gasteiger partial charge in [0.1, 0.15) is 5.82 Å². The van der Waals surface area contributed by atoms with Gasteiger partial charge < -0.3 is 11.1 Å². The van der Waals surface area contributed by atoms with E-state index in [1.54, 1.807) is 6.07 Å². The van der Waals surface area contributed by atoms with Gasteiger partial charge in [0.25, 0.3) is 0 Å². The van der Waals surface area contributed by atoms with Crippen molar-refractivity contribution in [2.45, 2.75) is 19.9 Å². The third-order valence-corrected chi connectivity index (χ3v) is 3.14. The first kappa shape index (κ1) is 10.4. The molecule has 0 amide bonds. The Hall–Kier alpha value is -1.09. The van der Waals surface area contributed by atoms with Gasteiger partial charge in [-0.1, -0.05) is 19.1 Å². The van der Waals surface area contributed by atoms with E-state index >= 15 is 0 Å². The molecule has 2 atom stereocenters. The first-order valence-electron chi connectivity index (χ1n) is 5.42. The van der Waals surface area contributed by atoms with E-state index in [1.807, 2.05) is 6.07 Å². The van der Waals surface area contributed by atoms with Crippen molar-refractivity contribution in [3.05, 3.63) is 29.6 Å². The maximum atomic E-state index is 13.1. The predicted molar refractivity (Wildman–Crippen MR) is 59.8 cm³/mol. The average molecular weight is 208 g/mol. The number of hydrogen-bond acceptors (Lipinski definition) is 2. The van der Waals surface area contributed by atoms with E-state index in [4.69, 9.17) is 5.73 Å². The Morgan fingerprint density at radius 1 is 1.53 bits per heavy atom. The van der Waals surface area contributed by atoms with Gasteiger partial charge in [0.15, 0.2) is 0 Å². The van der Waals surface area contributed by atoms with Crippen molar-refractivity contribution in [3.8, 4) is 0 Å². The smallest absolute Gasteiger partial charge is 0.146 e. The Kier molecular flexibility index (Phi) is 2.91. The van der Waals surface area contributed by atoms with E-state index in [1.165, 1.54) is 12.5 Å². The van der Waals surface area contributed by atoms with E-state index in [2.05, 4.69) is 12.2 Å². The average Bonchev–Trinajstić information content (AvgIpc) is 2.89. The molecule has 15 heavy (non-hydrogen) atoms. The highest BCUT2D eigenvalue weighted by atomic mass is 19.1. The van der Waals surface area contributed by atoms with Crippen LogP contribution in [0.1, 0.15) is 18.9 Å². The van der Waals surface area contributed by atoms with Crippen LogP contribution < -0.4 is 11.1 Å². The van der Waals surface area contributed by atoms with Crippen molar-refractivity contribution in [2.24, 2.45) is 11.8 Å². The summed E-state index contributed by atoms with van der Waals surface area (Å²) in [5, 5.41) is 3.32. The molecule has 1 aliphatic carbocycles. The van der Waals surface area contributed by atoms with Gasteiger partial charge in [0.05, 0.1) is 5.69 Å². The van der Waals surface area contributed by atoms with Crippen LogP contribution in [0.4, 0.5) is 10.1 Å². The molecule has 1 saturated carbocycles. The molecule has 1 fully saturated rings. The van der Waals surface area contributed by atoms with Crippen LogP contribution in [0, 0.1) is 17.7 Å². The molecule has 0 saturated heterocycles. The molecule has 2 nitrogen and oxygen atoms in total. The molecule has 1 aromatic rings. The molecule has 0 heterocycles. The molecule has 3 heteroatoms. The zero-order chi connectivity index (χ0) is 10.8. The van der Waals surface area contributed by atoms with Crippen molar-refractivity contribution in [1.82, 2.24) is 5.32 Å². The van der Waals surface area contributed by atoms with Crippen molar-refractivity contribution in [1.29, 1.82) is 0 Å². The summed E-state index contributed by atoms with van der Waals surface area (Å²) in [6.45, 7) is 3.92. The topological polar surface area (TPSA) is 38.0 Å². The molecule has 0 spiro atoms. The van der Waals surface area contributed by atoms with Gasteiger partial charge >= 0.3 is 0 Å². The van der Waals surface area contributed by atoms with Crippen LogP contribution in [0.3, 0.4) is 0 Å². The van der Waals surface area contributed by atoms with Gasteiger partial charge in [0, 0.05) is 6.54 Å². The predicted octanol–water partition coefficient (Wildman–Crippen LogP) is 2.15. The standard InChI is InChI=1S/C12H17FN2/c1-8-5-10(8)7-15-6-9-3-2-4-11(13)12(9)14/h2-4,8,10,15H,5-7,14H2,1H3. The monoisotopic (exact) mass is 208 g/mol. The second-order valence-corrected chi connectivity index (χ2v) is 4.42. The number of anilines is 1. The summed E-state index contributed by atoms with van der Waals surface area (Å²) in [7, 11) is 0. The maximum absolute atomic E-state index is 13.1. The van der Waals surface area contributed by atoms with Crippen LogP contribution in [0.5, 0.6) is 0 Å². The van der Waals surface area contributed by atoms with Crippen molar-refractivity contribution in [3.63, 3.8) is 0 Å². The Labute approximate surface area is 89.7 Å². The van der Waals surface area contributed by atoms with E-state index in [0.29, 0.717) is 6.54 Å². The van der Waals surface area contributed by atoms with Crippen LogP contribution >= 0.6 is 0 Å². The van der Waals surface area contributed by atoms with E-state index in [-0.39, 0.29) is 11.5 Å². The molecular weight excluding hydrogens is 191 g/mol. The highest BCUT2D eigenvalue weighted by molar-refractivity contribution is 5.47. The molecular formula is C12H17FN2. The summed E-state index contributed by atoms with van der Waals surface area (Å²) < 4.78 is 13.1. The minimum Gasteiger partial charge on any atom is -0.396 e. The number of rotatable bonds is 4. The lowest BCUT2D eigenvalue weighted by molar-refractivity contribution is 0.604. The quantitative estimate of drug-likeness (QED) is 0.744. The van der Waals surface area contributed by atoms with Crippen LogP contribution in [0.2, 0.25) is 0 Å². The molecule has 1 aromatic carbocycles. The number of nitrogens with one attached hydrogen (secondary N) is 1. The van der Waals surface area contributed by atoms with Gasteiger partial charge in [-0.25, -0.2) is 4.39 Å². The fourth-order valence-corrected chi connectivity index (χ4v) is 1.81. The molecule has 0 aromatic heterocycles. The summed E-state index contributed by atoms with van der Waals surface area (Å²) in [5.74, 6) is 1.33. The zero-order valence-electron chi connectivity index (χ0n) is 8.96. The van der Waals surface area contributed by atoms with Gasteiger partial charge in [-0.15, -0.1) is 0 Å². The number of nitrogen functional groups attached to an aromatic ring is 1.